The van der Waals surface area contributed by atoms with E-state index in [0.717, 1.165) is 15.7 Å². The number of furan rings is 1. The van der Waals surface area contributed by atoms with Gasteiger partial charge in [-0.2, -0.15) is 0 Å². The van der Waals surface area contributed by atoms with Crippen molar-refractivity contribution in [2.75, 3.05) is 0 Å². The third kappa shape index (κ3) is 3.20. The van der Waals surface area contributed by atoms with Crippen molar-refractivity contribution in [2.45, 2.75) is 13.0 Å². The van der Waals surface area contributed by atoms with Gasteiger partial charge in [-0.15, -0.1) is 0 Å². The Hall–Kier alpha value is -3.32. The molecule has 1 atom stereocenters. The maximum Gasteiger partial charge on any atom is 0.331 e. The van der Waals surface area contributed by atoms with Gasteiger partial charge in [0.25, 0.3) is 11.1 Å². The van der Waals surface area contributed by atoms with Crippen LogP contribution in [-0.4, -0.2) is 27.1 Å². The van der Waals surface area contributed by atoms with Crippen LogP contribution in [0.5, 0.6) is 0 Å². The number of thioether (sulfide) groups is 1. The average molecular weight is 393 g/mol. The predicted octanol–water partition coefficient (Wildman–Crippen LogP) is 4.60. The first-order valence-electron chi connectivity index (χ1n) is 8.49. The van der Waals surface area contributed by atoms with Crippen LogP contribution in [0, 0.1) is 6.92 Å². The molecule has 2 heterocycles. The number of aliphatic carboxylic acids is 1. The van der Waals surface area contributed by atoms with Crippen molar-refractivity contribution in [3.05, 3.63) is 76.6 Å². The van der Waals surface area contributed by atoms with E-state index in [1.165, 1.54) is 6.08 Å². The number of fused-ring (bicyclic) bond motifs is 1. The van der Waals surface area contributed by atoms with Crippen LogP contribution in [0.1, 0.15) is 23.1 Å². The second-order valence-corrected chi connectivity index (χ2v) is 7.34. The van der Waals surface area contributed by atoms with Crippen LogP contribution in [0.4, 0.5) is 4.79 Å². The third-order valence-electron chi connectivity index (χ3n) is 4.44. The third-order valence-corrected chi connectivity index (χ3v) is 5.32. The van der Waals surface area contributed by atoms with Gasteiger partial charge < -0.3 is 9.52 Å². The summed E-state index contributed by atoms with van der Waals surface area (Å²) in [5.74, 6) is -0.817. The summed E-state index contributed by atoms with van der Waals surface area (Å²) >= 11 is 0.705. The van der Waals surface area contributed by atoms with E-state index >= 15 is 0 Å². The van der Waals surface area contributed by atoms with Crippen LogP contribution in [-0.2, 0) is 9.59 Å². The summed E-state index contributed by atoms with van der Waals surface area (Å²) in [6, 6.07) is 14.6. The fourth-order valence-electron chi connectivity index (χ4n) is 3.14. The smallest absolute Gasteiger partial charge is 0.331 e. The number of carbonyl (C=O) groups excluding carboxylic acids is 2. The van der Waals surface area contributed by atoms with E-state index in [1.54, 1.807) is 37.3 Å². The standard InChI is InChI=1S/C21H15NO5S/c1-12-6-9-16(27-12)11-17-19(23)22(21(26)28-17)18(20(24)25)15-8-7-13-4-2-3-5-14(13)10-15/h2-11,18H,1H3,(H,24,25)/b17-11-. The minimum atomic E-state index is -1.40. The molecule has 1 unspecified atom stereocenters. The number of benzene rings is 2. The Morgan fingerprint density at radius 1 is 1.11 bits per heavy atom. The highest BCUT2D eigenvalue weighted by Gasteiger charge is 2.43. The highest BCUT2D eigenvalue weighted by molar-refractivity contribution is 8.18. The largest absolute Gasteiger partial charge is 0.479 e. The summed E-state index contributed by atoms with van der Waals surface area (Å²) < 4.78 is 5.42. The molecule has 0 spiro atoms. The monoisotopic (exact) mass is 393 g/mol. The molecule has 1 N–H and O–H groups in total. The molecule has 1 aromatic heterocycles. The van der Waals surface area contributed by atoms with E-state index < -0.39 is 23.2 Å². The Kier molecular flexibility index (Phi) is 4.52. The van der Waals surface area contributed by atoms with Gasteiger partial charge in [0.1, 0.15) is 11.5 Å². The Morgan fingerprint density at radius 2 is 1.86 bits per heavy atom. The number of carbonyl (C=O) groups is 3. The van der Waals surface area contributed by atoms with Crippen molar-refractivity contribution in [1.29, 1.82) is 0 Å². The van der Waals surface area contributed by atoms with Gasteiger partial charge in [0.2, 0.25) is 0 Å². The summed E-state index contributed by atoms with van der Waals surface area (Å²) in [6.45, 7) is 1.77. The maximum absolute atomic E-state index is 12.8. The van der Waals surface area contributed by atoms with Gasteiger partial charge in [0.05, 0.1) is 4.91 Å². The maximum atomic E-state index is 12.8. The number of amides is 2. The highest BCUT2D eigenvalue weighted by atomic mass is 32.2. The van der Waals surface area contributed by atoms with Crippen molar-refractivity contribution in [2.24, 2.45) is 0 Å². The van der Waals surface area contributed by atoms with Crippen LogP contribution in [0.25, 0.3) is 16.8 Å². The summed E-state index contributed by atoms with van der Waals surface area (Å²) in [7, 11) is 0. The normalized spacial score (nSPS) is 16.9. The molecule has 2 aromatic carbocycles. The average Bonchev–Trinajstić information content (AvgIpc) is 3.19. The molecule has 6 nitrogen and oxygen atoms in total. The molecule has 0 aliphatic carbocycles. The van der Waals surface area contributed by atoms with Crippen LogP contribution in [0.15, 0.2) is 63.9 Å². The van der Waals surface area contributed by atoms with Gasteiger partial charge >= 0.3 is 5.97 Å². The van der Waals surface area contributed by atoms with E-state index in [9.17, 15) is 19.5 Å². The first kappa shape index (κ1) is 18.1. The molecule has 0 saturated carbocycles. The molecule has 4 rings (SSSR count). The van der Waals surface area contributed by atoms with Gasteiger partial charge in [-0.25, -0.2) is 9.69 Å². The van der Waals surface area contributed by atoms with Gasteiger partial charge in [-0.3, -0.25) is 9.59 Å². The van der Waals surface area contributed by atoms with Gasteiger partial charge in [-0.1, -0.05) is 36.4 Å². The number of hydrogen-bond acceptors (Lipinski definition) is 5. The van der Waals surface area contributed by atoms with Gasteiger partial charge in [-0.05, 0) is 53.2 Å². The Balaban J connectivity index is 1.73. The lowest BCUT2D eigenvalue weighted by molar-refractivity contribution is -0.146. The Bertz CT molecular complexity index is 1150. The van der Waals surface area contributed by atoms with Crippen molar-refractivity contribution in [1.82, 2.24) is 4.90 Å². The zero-order valence-electron chi connectivity index (χ0n) is 14.8. The molecule has 3 aromatic rings. The number of imide groups is 1. The molecule has 7 heteroatoms. The predicted molar refractivity (Wildman–Crippen MR) is 106 cm³/mol. The van der Waals surface area contributed by atoms with Crippen LogP contribution in [0.3, 0.4) is 0 Å². The minimum Gasteiger partial charge on any atom is -0.479 e. The lowest BCUT2D eigenvalue weighted by atomic mass is 10.0. The molecule has 0 bridgehead atoms. The van der Waals surface area contributed by atoms with E-state index in [1.807, 2.05) is 24.3 Å². The zero-order valence-corrected chi connectivity index (χ0v) is 15.6. The summed E-state index contributed by atoms with van der Waals surface area (Å²) in [6.07, 6.45) is 1.46. The summed E-state index contributed by atoms with van der Waals surface area (Å²) in [4.78, 5) is 38.2. The summed E-state index contributed by atoms with van der Waals surface area (Å²) in [5.41, 5.74) is 0.364. The molecular weight excluding hydrogens is 378 g/mol. The number of aryl methyl sites for hydroxylation is 1. The Morgan fingerprint density at radius 3 is 2.54 bits per heavy atom. The van der Waals surface area contributed by atoms with Crippen LogP contribution >= 0.6 is 11.8 Å². The number of hydrogen-bond donors (Lipinski definition) is 1. The van der Waals surface area contributed by atoms with Crippen molar-refractivity contribution < 1.29 is 23.9 Å². The topological polar surface area (TPSA) is 87.8 Å². The first-order chi connectivity index (χ1) is 13.4. The first-order valence-corrected chi connectivity index (χ1v) is 9.31. The fraction of sp³-hybridized carbons (Fsp3) is 0.0952. The lowest BCUT2D eigenvalue weighted by Gasteiger charge is -2.22. The van der Waals surface area contributed by atoms with E-state index in [2.05, 4.69) is 0 Å². The van der Waals surface area contributed by atoms with Gasteiger partial charge in [0.15, 0.2) is 6.04 Å². The number of carboxylic acids is 1. The molecular formula is C21H15NO5S. The van der Waals surface area contributed by atoms with Crippen LogP contribution < -0.4 is 0 Å². The van der Waals surface area contributed by atoms with Crippen LogP contribution in [0.2, 0.25) is 0 Å². The molecule has 1 saturated heterocycles. The quantitative estimate of drug-likeness (QED) is 0.652. The molecule has 28 heavy (non-hydrogen) atoms. The second kappa shape index (κ2) is 7.01. The zero-order chi connectivity index (χ0) is 19.8. The second-order valence-electron chi connectivity index (χ2n) is 6.35. The number of rotatable bonds is 4. The molecule has 1 fully saturated rings. The Labute approximate surface area is 164 Å². The van der Waals surface area contributed by atoms with E-state index in [0.29, 0.717) is 28.8 Å². The minimum absolute atomic E-state index is 0.131. The molecule has 1 aliphatic heterocycles. The molecule has 140 valence electrons. The van der Waals surface area contributed by atoms with E-state index in [4.69, 9.17) is 4.42 Å². The number of nitrogens with zero attached hydrogens (tertiary/aromatic N) is 1. The summed E-state index contributed by atoms with van der Waals surface area (Å²) in [5, 5.41) is 10.9. The van der Waals surface area contributed by atoms with Crippen molar-refractivity contribution in [3.8, 4) is 0 Å². The van der Waals surface area contributed by atoms with Crippen molar-refractivity contribution >= 4 is 45.7 Å². The molecule has 2 amide bonds. The number of carboxylic acid groups (broad SMARTS) is 1. The van der Waals surface area contributed by atoms with E-state index in [-0.39, 0.29) is 4.91 Å². The molecule has 0 radical (unpaired) electrons. The molecule has 1 aliphatic rings. The van der Waals surface area contributed by atoms with Crippen molar-refractivity contribution in [3.63, 3.8) is 0 Å². The highest BCUT2D eigenvalue weighted by Crippen LogP contribution is 2.38. The van der Waals surface area contributed by atoms with Gasteiger partial charge in [0, 0.05) is 6.08 Å². The fourth-order valence-corrected chi connectivity index (χ4v) is 3.98. The lowest BCUT2D eigenvalue weighted by Crippen LogP contribution is -2.37. The SMILES string of the molecule is Cc1ccc(/C=C2\SC(=O)N(C(C(=O)O)c3ccc4ccccc4c3)C2=O)o1.